The zero-order valence-electron chi connectivity index (χ0n) is 13.2. The van der Waals surface area contributed by atoms with Crippen molar-refractivity contribution in [3.63, 3.8) is 0 Å². The van der Waals surface area contributed by atoms with Crippen LogP contribution in [0.4, 0.5) is 0 Å². The normalized spacial score (nSPS) is 18.4. The maximum atomic E-state index is 3.46. The van der Waals surface area contributed by atoms with Crippen LogP contribution in [-0.2, 0) is 13.1 Å². The first-order chi connectivity index (χ1) is 9.63. The number of hydrogen-bond acceptors (Lipinski definition) is 3. The van der Waals surface area contributed by atoms with E-state index >= 15 is 0 Å². The molecule has 1 saturated heterocycles. The molecule has 1 aliphatic heterocycles. The lowest BCUT2D eigenvalue weighted by Gasteiger charge is -2.20. The van der Waals surface area contributed by atoms with Gasteiger partial charge < -0.3 is 10.2 Å². The van der Waals surface area contributed by atoms with E-state index in [4.69, 9.17) is 0 Å². The Hall–Kier alpha value is -0.900. The van der Waals surface area contributed by atoms with E-state index in [1.807, 2.05) is 0 Å². The van der Waals surface area contributed by atoms with Gasteiger partial charge in [0.05, 0.1) is 0 Å². The molecule has 3 nitrogen and oxygen atoms in total. The van der Waals surface area contributed by atoms with E-state index in [9.17, 15) is 0 Å². The molecule has 0 saturated carbocycles. The number of nitrogens with zero attached hydrogens (tertiary/aromatic N) is 2. The monoisotopic (exact) mass is 275 g/mol. The van der Waals surface area contributed by atoms with Gasteiger partial charge in [-0.1, -0.05) is 38.1 Å². The topological polar surface area (TPSA) is 18.5 Å². The number of rotatable bonds is 5. The van der Waals surface area contributed by atoms with Crippen molar-refractivity contribution in [2.45, 2.75) is 39.4 Å². The largest absolute Gasteiger partial charge is 0.310 e. The Morgan fingerprint density at radius 3 is 2.40 bits per heavy atom. The van der Waals surface area contributed by atoms with Gasteiger partial charge in [-0.25, -0.2) is 0 Å². The fourth-order valence-corrected chi connectivity index (χ4v) is 2.60. The molecule has 0 amide bonds. The van der Waals surface area contributed by atoms with Crippen LogP contribution in [0.15, 0.2) is 24.3 Å². The first kappa shape index (κ1) is 15.5. The maximum absolute atomic E-state index is 3.46. The minimum Gasteiger partial charge on any atom is -0.310 e. The minimum atomic E-state index is 0.545. The van der Waals surface area contributed by atoms with Gasteiger partial charge in [0.1, 0.15) is 0 Å². The highest BCUT2D eigenvalue weighted by Crippen LogP contribution is 2.10. The first-order valence-electron chi connectivity index (χ1n) is 7.85. The third kappa shape index (κ3) is 5.23. The molecule has 0 aromatic heterocycles. The molecule has 1 aromatic rings. The lowest BCUT2D eigenvalue weighted by atomic mass is 10.1. The zero-order valence-corrected chi connectivity index (χ0v) is 13.2. The van der Waals surface area contributed by atoms with Gasteiger partial charge in [0.25, 0.3) is 0 Å². The van der Waals surface area contributed by atoms with Crippen molar-refractivity contribution >= 4 is 0 Å². The Bertz CT molecular complexity index is 386. The van der Waals surface area contributed by atoms with E-state index in [0.717, 1.165) is 13.1 Å². The van der Waals surface area contributed by atoms with Crippen LogP contribution < -0.4 is 5.32 Å². The van der Waals surface area contributed by atoms with Gasteiger partial charge >= 0.3 is 0 Å². The zero-order chi connectivity index (χ0) is 14.4. The molecule has 1 aromatic carbocycles. The highest BCUT2D eigenvalue weighted by Gasteiger charge is 2.12. The molecule has 2 rings (SSSR count). The van der Waals surface area contributed by atoms with Crippen molar-refractivity contribution in [2.24, 2.45) is 0 Å². The summed E-state index contributed by atoms with van der Waals surface area (Å²) in [6.45, 7) is 11.3. The number of benzene rings is 1. The second-order valence-corrected chi connectivity index (χ2v) is 6.29. The quantitative estimate of drug-likeness (QED) is 0.890. The SMILES string of the molecule is CC(C)NCc1ccc(CN2CCCN(C)CC2)cc1. The van der Waals surface area contributed by atoms with Gasteiger partial charge in [0.15, 0.2) is 0 Å². The second kappa shape index (κ2) is 7.77. The molecule has 0 spiro atoms. The van der Waals surface area contributed by atoms with E-state index in [0.29, 0.717) is 6.04 Å². The van der Waals surface area contributed by atoms with E-state index in [-0.39, 0.29) is 0 Å². The van der Waals surface area contributed by atoms with Crippen LogP contribution in [0, 0.1) is 0 Å². The fourth-order valence-electron chi connectivity index (χ4n) is 2.60. The van der Waals surface area contributed by atoms with E-state index in [1.165, 1.54) is 43.7 Å². The van der Waals surface area contributed by atoms with E-state index in [2.05, 4.69) is 60.3 Å². The Labute approximate surface area is 124 Å². The summed E-state index contributed by atoms with van der Waals surface area (Å²) in [4.78, 5) is 5.01. The van der Waals surface area contributed by atoms with Gasteiger partial charge in [-0.05, 0) is 37.7 Å². The summed E-state index contributed by atoms with van der Waals surface area (Å²) in [6.07, 6.45) is 1.28. The van der Waals surface area contributed by atoms with Crippen molar-refractivity contribution in [3.05, 3.63) is 35.4 Å². The summed E-state index contributed by atoms with van der Waals surface area (Å²) >= 11 is 0. The molecule has 0 bridgehead atoms. The highest BCUT2D eigenvalue weighted by molar-refractivity contribution is 5.22. The Morgan fingerprint density at radius 2 is 1.70 bits per heavy atom. The average molecular weight is 275 g/mol. The third-order valence-corrected chi connectivity index (χ3v) is 3.96. The summed E-state index contributed by atoms with van der Waals surface area (Å²) in [7, 11) is 2.22. The Morgan fingerprint density at radius 1 is 1.00 bits per heavy atom. The van der Waals surface area contributed by atoms with Crippen LogP contribution in [0.3, 0.4) is 0 Å². The maximum Gasteiger partial charge on any atom is 0.0234 e. The fraction of sp³-hybridized carbons (Fsp3) is 0.647. The highest BCUT2D eigenvalue weighted by atomic mass is 15.2. The van der Waals surface area contributed by atoms with Gasteiger partial charge in [-0.2, -0.15) is 0 Å². The van der Waals surface area contributed by atoms with Crippen LogP contribution in [0.1, 0.15) is 31.4 Å². The molecule has 3 heteroatoms. The average Bonchev–Trinajstić information content (AvgIpc) is 2.63. The van der Waals surface area contributed by atoms with Crippen LogP contribution in [-0.4, -0.2) is 49.1 Å². The first-order valence-corrected chi connectivity index (χ1v) is 7.85. The molecule has 20 heavy (non-hydrogen) atoms. The standard InChI is InChI=1S/C17H29N3/c1-15(2)18-13-16-5-7-17(8-6-16)14-20-10-4-9-19(3)11-12-20/h5-8,15,18H,4,9-14H2,1-3H3. The summed E-state index contributed by atoms with van der Waals surface area (Å²) in [6, 6.07) is 9.63. The molecule has 1 fully saturated rings. The van der Waals surface area contributed by atoms with E-state index in [1.54, 1.807) is 0 Å². The molecular weight excluding hydrogens is 246 g/mol. The molecule has 1 aliphatic rings. The van der Waals surface area contributed by atoms with Crippen LogP contribution in [0.5, 0.6) is 0 Å². The van der Waals surface area contributed by atoms with Crippen molar-refractivity contribution in [2.75, 3.05) is 33.2 Å². The summed E-state index contributed by atoms with van der Waals surface area (Å²) in [5, 5.41) is 3.46. The Kier molecular flexibility index (Phi) is 6.02. The minimum absolute atomic E-state index is 0.545. The molecular formula is C17H29N3. The van der Waals surface area contributed by atoms with Crippen molar-refractivity contribution in [3.8, 4) is 0 Å². The predicted molar refractivity (Wildman–Crippen MR) is 85.8 cm³/mol. The van der Waals surface area contributed by atoms with Gasteiger partial charge in [0, 0.05) is 32.2 Å². The van der Waals surface area contributed by atoms with Gasteiger partial charge in [-0.15, -0.1) is 0 Å². The van der Waals surface area contributed by atoms with Crippen molar-refractivity contribution in [1.29, 1.82) is 0 Å². The molecule has 0 unspecified atom stereocenters. The molecule has 0 aliphatic carbocycles. The molecule has 1 heterocycles. The summed E-state index contributed by atoms with van der Waals surface area (Å²) < 4.78 is 0. The smallest absolute Gasteiger partial charge is 0.0234 e. The number of hydrogen-bond donors (Lipinski definition) is 1. The molecule has 0 radical (unpaired) electrons. The number of nitrogens with one attached hydrogen (secondary N) is 1. The number of likely N-dealkylation sites (N-methyl/N-ethyl adjacent to an activating group) is 1. The van der Waals surface area contributed by atoms with Gasteiger partial charge in [-0.3, -0.25) is 4.90 Å². The molecule has 0 atom stereocenters. The summed E-state index contributed by atoms with van der Waals surface area (Å²) in [5.74, 6) is 0. The van der Waals surface area contributed by atoms with Crippen LogP contribution >= 0.6 is 0 Å². The van der Waals surface area contributed by atoms with Gasteiger partial charge in [0.2, 0.25) is 0 Å². The second-order valence-electron chi connectivity index (χ2n) is 6.29. The van der Waals surface area contributed by atoms with Crippen LogP contribution in [0.2, 0.25) is 0 Å². The molecule has 112 valence electrons. The Balaban J connectivity index is 1.83. The molecule has 1 N–H and O–H groups in total. The van der Waals surface area contributed by atoms with E-state index < -0.39 is 0 Å². The lowest BCUT2D eigenvalue weighted by molar-refractivity contribution is 0.269. The lowest BCUT2D eigenvalue weighted by Crippen LogP contribution is -2.28. The van der Waals surface area contributed by atoms with Crippen LogP contribution in [0.25, 0.3) is 0 Å². The van der Waals surface area contributed by atoms with Crippen molar-refractivity contribution in [1.82, 2.24) is 15.1 Å². The predicted octanol–water partition coefficient (Wildman–Crippen LogP) is 2.32. The van der Waals surface area contributed by atoms with Crippen molar-refractivity contribution < 1.29 is 0 Å². The summed E-state index contributed by atoms with van der Waals surface area (Å²) in [5.41, 5.74) is 2.81. The third-order valence-electron chi connectivity index (χ3n) is 3.96.